The predicted molar refractivity (Wildman–Crippen MR) is 358 cm³/mol. The topological polar surface area (TPSA) is 237 Å². The summed E-state index contributed by atoms with van der Waals surface area (Å²) in [4.78, 5) is 72.4. The highest BCUT2D eigenvalue weighted by Gasteiger charge is 2.30. The molecule has 0 amide bonds. The second-order valence-electron chi connectivity index (χ2n) is 26.2. The van der Waals surface area contributed by atoms with Crippen LogP contribution in [-0.2, 0) is 65.4 Å². The van der Waals surface area contributed by atoms with E-state index in [1.807, 2.05) is 0 Å². The number of hydrogen-bond donors (Lipinski definition) is 3. The normalized spacial score (nSPS) is 14.1. The van der Waals surface area contributed by atoms with Crippen molar-refractivity contribution < 1.29 is 80.2 Å². The molecule has 0 saturated heterocycles. The molecule has 0 heterocycles. The van der Waals surface area contributed by atoms with Crippen molar-refractivity contribution in [3.05, 3.63) is 0 Å². The van der Waals surface area contributed by atoms with Gasteiger partial charge in [0, 0.05) is 25.7 Å². The molecule has 0 aliphatic heterocycles. The molecule has 0 rings (SSSR count). The highest BCUT2D eigenvalue weighted by molar-refractivity contribution is 7.47. The van der Waals surface area contributed by atoms with Gasteiger partial charge in [0.25, 0.3) is 0 Å². The Hall–Kier alpha value is -1.94. The Labute approximate surface area is 543 Å². The van der Waals surface area contributed by atoms with Crippen LogP contribution in [0.15, 0.2) is 0 Å². The molecule has 0 aromatic carbocycles. The summed E-state index contributed by atoms with van der Waals surface area (Å²) < 4.78 is 68.1. The lowest BCUT2D eigenvalue weighted by molar-refractivity contribution is -0.161. The first-order valence-electron chi connectivity index (χ1n) is 36.5. The van der Waals surface area contributed by atoms with Crippen LogP contribution in [0.5, 0.6) is 0 Å². The van der Waals surface area contributed by atoms with Gasteiger partial charge >= 0.3 is 39.5 Å². The van der Waals surface area contributed by atoms with E-state index < -0.39 is 97.5 Å². The van der Waals surface area contributed by atoms with Crippen LogP contribution in [0.1, 0.15) is 356 Å². The molecule has 19 heteroatoms. The average Bonchev–Trinajstić information content (AvgIpc) is 3.60. The van der Waals surface area contributed by atoms with Crippen LogP contribution >= 0.6 is 15.6 Å². The summed E-state index contributed by atoms with van der Waals surface area (Å²) >= 11 is 0. The number of carbonyl (C=O) groups is 4. The Balaban J connectivity index is 5.18. The second-order valence-corrected chi connectivity index (χ2v) is 29.1. The summed E-state index contributed by atoms with van der Waals surface area (Å²) in [7, 11) is -9.89. The first-order valence-corrected chi connectivity index (χ1v) is 39.5. The van der Waals surface area contributed by atoms with Gasteiger partial charge in [0.1, 0.15) is 19.3 Å². The van der Waals surface area contributed by atoms with Crippen molar-refractivity contribution in [1.29, 1.82) is 0 Å². The molecule has 0 saturated carbocycles. The maximum Gasteiger partial charge on any atom is 0.472 e. The van der Waals surface area contributed by atoms with Gasteiger partial charge < -0.3 is 33.8 Å². The van der Waals surface area contributed by atoms with E-state index in [0.717, 1.165) is 102 Å². The maximum atomic E-state index is 13.0. The SMILES string of the molecule is CCCCCCCCCCCCCCCCCCCCCC(=O)O[C@H](COC(=O)CCCCCCCCCCCCC(C)C)COP(=O)(O)OC[C@@H](O)COP(=O)(O)OC[C@@H](COC(=O)CCCCCCCCCC)OC(=O)CCCCCCCCC(C)C. The molecular weight excluding hydrogens is 1170 g/mol. The van der Waals surface area contributed by atoms with Crippen LogP contribution in [0.2, 0.25) is 0 Å². The number of phosphoric ester groups is 2. The van der Waals surface area contributed by atoms with Crippen molar-refractivity contribution in [2.45, 2.75) is 374 Å². The number of aliphatic hydroxyl groups is 1. The van der Waals surface area contributed by atoms with Gasteiger partial charge in [-0.25, -0.2) is 9.13 Å². The number of ether oxygens (including phenoxy) is 4. The molecule has 0 radical (unpaired) electrons. The standard InChI is InChI=1S/C70H136O17P2/c1-7-9-11-13-15-17-18-19-20-21-22-23-24-25-26-31-35-42-48-54-69(74)86-65(58-81-68(73)53-47-41-34-30-28-27-29-32-38-44-50-62(3)4)60-84-88(76,77)82-56-64(71)57-83-89(78,79)85-61-66(59-80-67(72)52-46-40-33-16-14-12-10-8-2)87-70(75)55-49-43-37-36-39-45-51-63(5)6/h62-66,71H,7-61H2,1-6H3,(H,76,77)(H,78,79)/t64-,65-,66-/m1/s1. The van der Waals surface area contributed by atoms with Crippen molar-refractivity contribution in [3.8, 4) is 0 Å². The minimum atomic E-state index is -4.95. The molecule has 0 spiro atoms. The molecular formula is C70H136O17P2. The number of phosphoric acid groups is 2. The Kier molecular flexibility index (Phi) is 60.8. The van der Waals surface area contributed by atoms with E-state index in [1.165, 1.54) is 167 Å². The molecule has 0 aromatic rings. The maximum absolute atomic E-state index is 13.0. The molecule has 89 heavy (non-hydrogen) atoms. The van der Waals surface area contributed by atoms with Crippen LogP contribution in [0.3, 0.4) is 0 Å². The molecule has 0 bridgehead atoms. The lowest BCUT2D eigenvalue weighted by Crippen LogP contribution is -2.30. The molecule has 0 aromatic heterocycles. The summed E-state index contributed by atoms with van der Waals surface area (Å²) in [5.74, 6) is -0.704. The number of hydrogen-bond acceptors (Lipinski definition) is 15. The Morgan fingerprint density at radius 2 is 0.517 bits per heavy atom. The van der Waals surface area contributed by atoms with E-state index in [1.54, 1.807) is 0 Å². The zero-order chi connectivity index (χ0) is 65.7. The summed E-state index contributed by atoms with van der Waals surface area (Å²) in [6, 6.07) is 0. The van der Waals surface area contributed by atoms with Gasteiger partial charge in [-0.2, -0.15) is 0 Å². The third-order valence-corrected chi connectivity index (χ3v) is 18.1. The molecule has 2 unspecified atom stereocenters. The first kappa shape index (κ1) is 87.1. The summed E-state index contributed by atoms with van der Waals surface area (Å²) in [6.07, 6.45) is 47.5. The van der Waals surface area contributed by atoms with Gasteiger partial charge in [-0.3, -0.25) is 37.3 Å². The van der Waals surface area contributed by atoms with Gasteiger partial charge in [0.2, 0.25) is 0 Å². The fraction of sp³-hybridized carbons (Fsp3) is 0.943. The summed E-state index contributed by atoms with van der Waals surface area (Å²) in [5, 5.41) is 10.6. The van der Waals surface area contributed by atoms with Crippen molar-refractivity contribution in [1.82, 2.24) is 0 Å². The van der Waals surface area contributed by atoms with Crippen LogP contribution in [-0.4, -0.2) is 96.7 Å². The number of unbranched alkanes of at least 4 members (excludes halogenated alkanes) is 39. The number of aliphatic hydroxyl groups excluding tert-OH is 1. The highest BCUT2D eigenvalue weighted by Crippen LogP contribution is 2.45. The summed E-state index contributed by atoms with van der Waals surface area (Å²) in [5.41, 5.74) is 0. The van der Waals surface area contributed by atoms with Crippen molar-refractivity contribution in [2.75, 3.05) is 39.6 Å². The monoisotopic (exact) mass is 1310 g/mol. The lowest BCUT2D eigenvalue weighted by atomic mass is 10.0. The Morgan fingerprint density at radius 3 is 0.764 bits per heavy atom. The van der Waals surface area contributed by atoms with Crippen LogP contribution < -0.4 is 0 Å². The number of rotatable bonds is 69. The van der Waals surface area contributed by atoms with Crippen molar-refractivity contribution >= 4 is 39.5 Å². The van der Waals surface area contributed by atoms with E-state index >= 15 is 0 Å². The van der Waals surface area contributed by atoms with Crippen molar-refractivity contribution in [3.63, 3.8) is 0 Å². The third kappa shape index (κ3) is 64.6. The number of esters is 4. The smallest absolute Gasteiger partial charge is 0.462 e. The molecule has 17 nitrogen and oxygen atoms in total. The molecule has 0 aliphatic carbocycles. The van der Waals surface area contributed by atoms with Crippen molar-refractivity contribution in [2.24, 2.45) is 11.8 Å². The lowest BCUT2D eigenvalue weighted by Gasteiger charge is -2.21. The highest BCUT2D eigenvalue weighted by atomic mass is 31.2. The second kappa shape index (κ2) is 62.2. The van der Waals surface area contributed by atoms with Gasteiger partial charge in [0.05, 0.1) is 26.4 Å². The van der Waals surface area contributed by atoms with Gasteiger partial charge in [-0.1, -0.05) is 305 Å². The van der Waals surface area contributed by atoms with E-state index in [0.29, 0.717) is 31.6 Å². The molecule has 3 N–H and O–H groups in total. The summed E-state index contributed by atoms with van der Waals surface area (Å²) in [6.45, 7) is 9.42. The van der Waals surface area contributed by atoms with Gasteiger partial charge in [-0.15, -0.1) is 0 Å². The van der Waals surface area contributed by atoms with Gasteiger partial charge in [-0.05, 0) is 37.5 Å². The average molecular weight is 1310 g/mol. The molecule has 0 fully saturated rings. The largest absolute Gasteiger partial charge is 0.472 e. The Morgan fingerprint density at radius 1 is 0.303 bits per heavy atom. The quantitative estimate of drug-likeness (QED) is 0.0222. The molecule has 528 valence electrons. The minimum Gasteiger partial charge on any atom is -0.462 e. The van der Waals surface area contributed by atoms with Crippen LogP contribution in [0.25, 0.3) is 0 Å². The minimum absolute atomic E-state index is 0.102. The molecule has 5 atom stereocenters. The van der Waals surface area contributed by atoms with E-state index in [-0.39, 0.29) is 25.7 Å². The zero-order valence-corrected chi connectivity index (χ0v) is 59.5. The fourth-order valence-electron chi connectivity index (χ4n) is 10.6. The Bertz CT molecular complexity index is 1730. The predicted octanol–water partition coefficient (Wildman–Crippen LogP) is 20.0. The zero-order valence-electron chi connectivity index (χ0n) is 57.7. The molecule has 0 aliphatic rings. The number of carbonyl (C=O) groups excluding carboxylic acids is 4. The third-order valence-electron chi connectivity index (χ3n) is 16.2. The van der Waals surface area contributed by atoms with E-state index in [9.17, 15) is 43.2 Å². The van der Waals surface area contributed by atoms with Crippen LogP contribution in [0, 0.1) is 11.8 Å². The van der Waals surface area contributed by atoms with E-state index in [2.05, 4.69) is 41.5 Å². The fourth-order valence-corrected chi connectivity index (χ4v) is 12.2. The van der Waals surface area contributed by atoms with Gasteiger partial charge in [0.15, 0.2) is 12.2 Å². The van der Waals surface area contributed by atoms with Crippen LogP contribution in [0.4, 0.5) is 0 Å². The van der Waals surface area contributed by atoms with E-state index in [4.69, 9.17) is 37.0 Å². The first-order chi connectivity index (χ1) is 42.9.